The molecule has 0 bridgehead atoms. The van der Waals surface area contributed by atoms with Crippen LogP contribution in [-0.4, -0.2) is 10.8 Å². The molecule has 0 aliphatic heterocycles. The lowest BCUT2D eigenvalue weighted by Gasteiger charge is -2.08. The summed E-state index contributed by atoms with van der Waals surface area (Å²) < 4.78 is 0.845. The fourth-order valence-electron chi connectivity index (χ4n) is 1.68. The number of hydrogen-bond donors (Lipinski definition) is 1. The first-order chi connectivity index (χ1) is 9.47. The van der Waals surface area contributed by atoms with Crippen LogP contribution in [0.5, 0.6) is 0 Å². The molecule has 1 N–H and O–H groups in total. The third kappa shape index (κ3) is 3.21. The summed E-state index contributed by atoms with van der Waals surface area (Å²) in [5.74, 6) is -0.380. The zero-order chi connectivity index (χ0) is 14.7. The Bertz CT molecular complexity index is 686. The number of benzene rings is 2. The number of carbonyl (C=O) groups excluding carboxylic acids is 1. The molecule has 1 amide bonds. The second-order valence-corrected chi connectivity index (χ2v) is 5.14. The molecule has 0 aliphatic rings. The van der Waals surface area contributed by atoms with Crippen molar-refractivity contribution >= 4 is 33.2 Å². The predicted molar refractivity (Wildman–Crippen MR) is 79.9 cm³/mol. The predicted octanol–water partition coefficient (Wildman–Crippen LogP) is 3.92. The van der Waals surface area contributed by atoms with E-state index in [0.29, 0.717) is 5.69 Å². The van der Waals surface area contributed by atoms with Crippen LogP contribution in [0.4, 0.5) is 11.4 Å². The van der Waals surface area contributed by atoms with Crippen molar-refractivity contribution in [1.29, 1.82) is 0 Å². The molecule has 0 saturated heterocycles. The van der Waals surface area contributed by atoms with Crippen LogP contribution in [0.1, 0.15) is 15.9 Å². The highest BCUT2D eigenvalue weighted by molar-refractivity contribution is 9.10. The fraction of sp³-hybridized carbons (Fsp3) is 0.0714. The second-order valence-electron chi connectivity index (χ2n) is 4.22. The summed E-state index contributed by atoms with van der Waals surface area (Å²) in [4.78, 5) is 22.3. The van der Waals surface area contributed by atoms with Crippen LogP contribution >= 0.6 is 15.9 Å². The van der Waals surface area contributed by atoms with Gasteiger partial charge in [-0.1, -0.05) is 28.1 Å². The van der Waals surface area contributed by atoms with Crippen LogP contribution in [0.3, 0.4) is 0 Å². The minimum atomic E-state index is -0.527. The molecule has 0 aliphatic carbocycles. The molecule has 2 aromatic rings. The molecule has 0 saturated carbocycles. The Morgan fingerprint density at radius 3 is 2.70 bits per heavy atom. The zero-order valence-electron chi connectivity index (χ0n) is 10.6. The van der Waals surface area contributed by atoms with Gasteiger partial charge >= 0.3 is 0 Å². The minimum Gasteiger partial charge on any atom is -0.322 e. The monoisotopic (exact) mass is 334 g/mol. The summed E-state index contributed by atoms with van der Waals surface area (Å²) in [6.07, 6.45) is 0. The molecule has 0 heterocycles. The molecule has 2 aromatic carbocycles. The van der Waals surface area contributed by atoms with Gasteiger partial charge in [-0.2, -0.15) is 0 Å². The van der Waals surface area contributed by atoms with Crippen LogP contribution in [0.15, 0.2) is 46.9 Å². The SMILES string of the molecule is Cc1ccc(Br)cc1NC(=O)c1cccc([N+](=O)[O-])c1. The highest BCUT2D eigenvalue weighted by atomic mass is 79.9. The quantitative estimate of drug-likeness (QED) is 0.683. The van der Waals surface area contributed by atoms with E-state index in [4.69, 9.17) is 0 Å². The highest BCUT2D eigenvalue weighted by Crippen LogP contribution is 2.22. The minimum absolute atomic E-state index is 0.108. The maximum absolute atomic E-state index is 12.1. The topological polar surface area (TPSA) is 72.2 Å². The Labute approximate surface area is 123 Å². The number of aryl methyl sites for hydroxylation is 1. The van der Waals surface area contributed by atoms with Gasteiger partial charge in [0.05, 0.1) is 4.92 Å². The number of hydrogen-bond acceptors (Lipinski definition) is 3. The molecule has 0 fully saturated rings. The number of nitro groups is 1. The van der Waals surface area contributed by atoms with Crippen LogP contribution in [-0.2, 0) is 0 Å². The van der Waals surface area contributed by atoms with E-state index in [1.807, 2.05) is 19.1 Å². The van der Waals surface area contributed by atoms with Crippen LogP contribution < -0.4 is 5.32 Å². The van der Waals surface area contributed by atoms with Crippen molar-refractivity contribution in [3.8, 4) is 0 Å². The van der Waals surface area contributed by atoms with Gasteiger partial charge in [-0.15, -0.1) is 0 Å². The first kappa shape index (κ1) is 14.2. The number of anilines is 1. The van der Waals surface area contributed by atoms with E-state index in [-0.39, 0.29) is 17.2 Å². The lowest BCUT2D eigenvalue weighted by Crippen LogP contribution is -2.13. The summed E-state index contributed by atoms with van der Waals surface area (Å²) in [6, 6.07) is 11.1. The molecule has 20 heavy (non-hydrogen) atoms. The van der Waals surface area contributed by atoms with Gasteiger partial charge in [-0.25, -0.2) is 0 Å². The molecule has 0 atom stereocenters. The van der Waals surface area contributed by atoms with E-state index >= 15 is 0 Å². The Kier molecular flexibility index (Phi) is 4.14. The van der Waals surface area contributed by atoms with Crippen molar-refractivity contribution < 1.29 is 9.72 Å². The average Bonchev–Trinajstić information content (AvgIpc) is 2.43. The molecular weight excluding hydrogens is 324 g/mol. The third-order valence-corrected chi connectivity index (χ3v) is 3.26. The normalized spacial score (nSPS) is 10.1. The molecule has 0 spiro atoms. The summed E-state index contributed by atoms with van der Waals surface area (Å²) in [5.41, 5.74) is 1.71. The number of halogens is 1. The fourth-order valence-corrected chi connectivity index (χ4v) is 2.05. The Balaban J connectivity index is 2.26. The molecule has 0 unspecified atom stereocenters. The molecule has 0 aromatic heterocycles. The number of rotatable bonds is 3. The van der Waals surface area contributed by atoms with Crippen molar-refractivity contribution in [3.05, 3.63) is 68.2 Å². The van der Waals surface area contributed by atoms with Crippen molar-refractivity contribution in [3.63, 3.8) is 0 Å². The molecular formula is C14H11BrN2O3. The molecule has 2 rings (SSSR count). The van der Waals surface area contributed by atoms with Gasteiger partial charge in [0.1, 0.15) is 0 Å². The number of carbonyl (C=O) groups is 1. The van der Waals surface area contributed by atoms with E-state index in [1.54, 1.807) is 6.07 Å². The standard InChI is InChI=1S/C14H11BrN2O3/c1-9-5-6-11(15)8-13(9)16-14(18)10-3-2-4-12(7-10)17(19)20/h2-8H,1H3,(H,16,18). The number of non-ortho nitro benzene ring substituents is 1. The van der Waals surface area contributed by atoms with E-state index in [0.717, 1.165) is 10.0 Å². The maximum atomic E-state index is 12.1. The summed E-state index contributed by atoms with van der Waals surface area (Å²) >= 11 is 3.33. The van der Waals surface area contributed by atoms with Gasteiger partial charge < -0.3 is 5.32 Å². The smallest absolute Gasteiger partial charge is 0.270 e. The van der Waals surface area contributed by atoms with Crippen molar-refractivity contribution in [2.45, 2.75) is 6.92 Å². The van der Waals surface area contributed by atoms with Gasteiger partial charge in [0.2, 0.25) is 0 Å². The van der Waals surface area contributed by atoms with Crippen LogP contribution in [0, 0.1) is 17.0 Å². The number of nitrogens with zero attached hydrogens (tertiary/aromatic N) is 1. The second kappa shape index (κ2) is 5.83. The van der Waals surface area contributed by atoms with Gasteiger partial charge in [-0.05, 0) is 30.7 Å². The number of nitrogens with one attached hydrogen (secondary N) is 1. The zero-order valence-corrected chi connectivity index (χ0v) is 12.2. The van der Waals surface area contributed by atoms with Crippen molar-refractivity contribution in [1.82, 2.24) is 0 Å². The molecule has 0 radical (unpaired) electrons. The van der Waals surface area contributed by atoms with E-state index < -0.39 is 4.92 Å². The van der Waals surface area contributed by atoms with Gasteiger partial charge in [-0.3, -0.25) is 14.9 Å². The van der Waals surface area contributed by atoms with E-state index in [9.17, 15) is 14.9 Å². The van der Waals surface area contributed by atoms with Gasteiger partial charge in [0.25, 0.3) is 11.6 Å². The Morgan fingerprint density at radius 2 is 2.00 bits per heavy atom. The van der Waals surface area contributed by atoms with Crippen molar-refractivity contribution in [2.24, 2.45) is 0 Å². The Morgan fingerprint density at radius 1 is 1.25 bits per heavy atom. The molecule has 5 nitrogen and oxygen atoms in total. The Hall–Kier alpha value is -2.21. The van der Waals surface area contributed by atoms with E-state index in [1.165, 1.54) is 24.3 Å². The van der Waals surface area contributed by atoms with Crippen molar-refractivity contribution in [2.75, 3.05) is 5.32 Å². The lowest BCUT2D eigenvalue weighted by atomic mass is 10.1. The maximum Gasteiger partial charge on any atom is 0.270 e. The van der Waals surface area contributed by atoms with Gasteiger partial charge in [0.15, 0.2) is 0 Å². The first-order valence-corrected chi connectivity index (χ1v) is 6.58. The van der Waals surface area contributed by atoms with E-state index in [2.05, 4.69) is 21.2 Å². The summed E-state index contributed by atoms with van der Waals surface area (Å²) in [5, 5.41) is 13.4. The molecule has 102 valence electrons. The third-order valence-electron chi connectivity index (χ3n) is 2.77. The highest BCUT2D eigenvalue weighted by Gasteiger charge is 2.12. The van der Waals surface area contributed by atoms with Crippen LogP contribution in [0.2, 0.25) is 0 Å². The number of amides is 1. The molecule has 6 heteroatoms. The number of nitro benzene ring substituents is 1. The van der Waals surface area contributed by atoms with Gasteiger partial charge in [0, 0.05) is 27.9 Å². The summed E-state index contributed by atoms with van der Waals surface area (Å²) in [7, 11) is 0. The lowest BCUT2D eigenvalue weighted by molar-refractivity contribution is -0.384. The average molecular weight is 335 g/mol. The van der Waals surface area contributed by atoms with Crippen LogP contribution in [0.25, 0.3) is 0 Å². The first-order valence-electron chi connectivity index (χ1n) is 5.79. The summed E-state index contributed by atoms with van der Waals surface area (Å²) in [6.45, 7) is 1.87. The largest absolute Gasteiger partial charge is 0.322 e.